The van der Waals surface area contributed by atoms with Crippen molar-refractivity contribution in [3.8, 4) is 0 Å². The van der Waals surface area contributed by atoms with Crippen LogP contribution in [0, 0.1) is 0 Å². The second kappa shape index (κ2) is 6.02. The van der Waals surface area contributed by atoms with E-state index in [0.717, 1.165) is 13.1 Å². The third-order valence-corrected chi connectivity index (χ3v) is 4.35. The summed E-state index contributed by atoms with van der Waals surface area (Å²) in [6.45, 7) is 4.28. The van der Waals surface area contributed by atoms with Gasteiger partial charge in [0.2, 0.25) is 0 Å². The molecule has 1 saturated heterocycles. The lowest BCUT2D eigenvalue weighted by molar-refractivity contribution is -0.158. The number of carbonyl (C=O) groups excluding carboxylic acids is 1. The number of ether oxygens (including phenoxy) is 1. The van der Waals surface area contributed by atoms with Crippen LogP contribution in [-0.4, -0.2) is 49.2 Å². The van der Waals surface area contributed by atoms with Crippen molar-refractivity contribution in [1.29, 1.82) is 0 Å². The Bertz CT molecular complexity index is 288. The van der Waals surface area contributed by atoms with E-state index >= 15 is 0 Å². The van der Waals surface area contributed by atoms with Crippen LogP contribution in [-0.2, 0) is 9.53 Å². The van der Waals surface area contributed by atoms with Crippen LogP contribution in [0.2, 0.25) is 0 Å². The predicted octanol–water partition coefficient (Wildman–Crippen LogP) is 1.55. The fraction of sp³-hybridized carbons (Fsp3) is 0.929. The van der Waals surface area contributed by atoms with Crippen molar-refractivity contribution in [2.45, 2.75) is 57.1 Å². The minimum atomic E-state index is -0.667. The zero-order valence-corrected chi connectivity index (χ0v) is 11.7. The molecule has 18 heavy (non-hydrogen) atoms. The molecule has 0 aromatic heterocycles. The normalized spacial score (nSPS) is 31.9. The van der Waals surface area contributed by atoms with Gasteiger partial charge in [0.25, 0.3) is 5.91 Å². The number of morpholine rings is 1. The summed E-state index contributed by atoms with van der Waals surface area (Å²) in [6.07, 6.45) is 7.96. The molecule has 0 aromatic rings. The summed E-state index contributed by atoms with van der Waals surface area (Å²) in [5.74, 6) is 0.000761. The summed E-state index contributed by atoms with van der Waals surface area (Å²) < 4.78 is 5.72. The first-order valence-electron chi connectivity index (χ1n) is 7.26. The van der Waals surface area contributed by atoms with Gasteiger partial charge in [-0.1, -0.05) is 25.7 Å². The van der Waals surface area contributed by atoms with E-state index in [9.17, 15) is 4.79 Å². The Hall–Kier alpha value is -0.610. The molecule has 1 amide bonds. The average Bonchev–Trinajstić information content (AvgIpc) is 2.66. The third kappa shape index (κ3) is 3.04. The molecule has 2 fully saturated rings. The lowest BCUT2D eigenvalue weighted by Crippen LogP contribution is -2.59. The van der Waals surface area contributed by atoms with E-state index in [0.29, 0.717) is 12.6 Å². The number of rotatable bonds is 2. The van der Waals surface area contributed by atoms with E-state index in [1.54, 1.807) is 7.05 Å². The van der Waals surface area contributed by atoms with Gasteiger partial charge in [-0.3, -0.25) is 9.69 Å². The van der Waals surface area contributed by atoms with Gasteiger partial charge in [0, 0.05) is 26.2 Å². The molecule has 0 spiro atoms. The minimum absolute atomic E-state index is 0.000761. The van der Waals surface area contributed by atoms with Crippen LogP contribution in [0.25, 0.3) is 0 Å². The van der Waals surface area contributed by atoms with E-state index in [4.69, 9.17) is 4.74 Å². The Kier molecular flexibility index (Phi) is 4.62. The predicted molar refractivity (Wildman–Crippen MR) is 71.5 cm³/mol. The number of nitrogens with one attached hydrogen (secondary N) is 1. The Morgan fingerprint density at radius 3 is 2.56 bits per heavy atom. The summed E-state index contributed by atoms with van der Waals surface area (Å²) in [7, 11) is 1.68. The fourth-order valence-corrected chi connectivity index (χ4v) is 3.24. The van der Waals surface area contributed by atoms with Gasteiger partial charge < -0.3 is 10.1 Å². The summed E-state index contributed by atoms with van der Waals surface area (Å²) >= 11 is 0. The number of amides is 1. The van der Waals surface area contributed by atoms with Crippen molar-refractivity contribution in [1.82, 2.24) is 10.2 Å². The molecule has 1 heterocycles. The number of hydrogen-bond acceptors (Lipinski definition) is 3. The van der Waals surface area contributed by atoms with Crippen LogP contribution in [0.3, 0.4) is 0 Å². The Morgan fingerprint density at radius 2 is 1.94 bits per heavy atom. The average molecular weight is 254 g/mol. The SMILES string of the molecule is CNC(=O)C1(C)CN(C2CCCCCC2)CCO1. The maximum Gasteiger partial charge on any atom is 0.253 e. The molecule has 1 atom stereocenters. The van der Waals surface area contributed by atoms with Gasteiger partial charge in [0.15, 0.2) is 5.60 Å². The van der Waals surface area contributed by atoms with E-state index in [1.807, 2.05) is 6.92 Å². The zero-order chi connectivity index (χ0) is 13.0. The first-order valence-corrected chi connectivity index (χ1v) is 7.26. The molecule has 1 aliphatic heterocycles. The number of carbonyl (C=O) groups is 1. The van der Waals surface area contributed by atoms with Crippen LogP contribution in [0.5, 0.6) is 0 Å². The highest BCUT2D eigenvalue weighted by Gasteiger charge is 2.40. The summed E-state index contributed by atoms with van der Waals surface area (Å²) in [4.78, 5) is 14.4. The monoisotopic (exact) mass is 254 g/mol. The molecule has 1 unspecified atom stereocenters. The van der Waals surface area contributed by atoms with Crippen LogP contribution < -0.4 is 5.32 Å². The molecular weight excluding hydrogens is 228 g/mol. The molecule has 0 bridgehead atoms. The van der Waals surface area contributed by atoms with E-state index < -0.39 is 5.60 Å². The second-order valence-corrected chi connectivity index (χ2v) is 5.77. The number of hydrogen-bond donors (Lipinski definition) is 1. The zero-order valence-electron chi connectivity index (χ0n) is 11.7. The van der Waals surface area contributed by atoms with Crippen molar-refractivity contribution in [3.63, 3.8) is 0 Å². The quantitative estimate of drug-likeness (QED) is 0.760. The Morgan fingerprint density at radius 1 is 1.28 bits per heavy atom. The second-order valence-electron chi connectivity index (χ2n) is 5.77. The first kappa shape index (κ1) is 13.8. The molecular formula is C14H26N2O2. The molecule has 4 nitrogen and oxygen atoms in total. The maximum absolute atomic E-state index is 11.9. The van der Waals surface area contributed by atoms with Crippen molar-refractivity contribution >= 4 is 5.91 Å². The van der Waals surface area contributed by atoms with E-state index in [1.165, 1.54) is 38.5 Å². The highest BCUT2D eigenvalue weighted by molar-refractivity contribution is 5.84. The molecule has 0 radical (unpaired) electrons. The first-order chi connectivity index (χ1) is 8.65. The molecule has 1 N–H and O–H groups in total. The summed E-state index contributed by atoms with van der Waals surface area (Å²) in [5, 5.41) is 2.72. The molecule has 1 aliphatic carbocycles. The van der Waals surface area contributed by atoms with Gasteiger partial charge in [0.05, 0.1) is 6.61 Å². The maximum atomic E-state index is 11.9. The third-order valence-electron chi connectivity index (χ3n) is 4.35. The molecule has 104 valence electrons. The highest BCUT2D eigenvalue weighted by Crippen LogP contribution is 2.26. The van der Waals surface area contributed by atoms with Crippen molar-refractivity contribution < 1.29 is 9.53 Å². The topological polar surface area (TPSA) is 41.6 Å². The van der Waals surface area contributed by atoms with Gasteiger partial charge >= 0.3 is 0 Å². The summed E-state index contributed by atoms with van der Waals surface area (Å²) in [5.41, 5.74) is -0.667. The van der Waals surface area contributed by atoms with E-state index in [2.05, 4.69) is 10.2 Å². The lowest BCUT2D eigenvalue weighted by atomic mass is 9.99. The molecule has 0 aromatic carbocycles. The Balaban J connectivity index is 1.98. The van der Waals surface area contributed by atoms with Gasteiger partial charge in [-0.15, -0.1) is 0 Å². The Labute approximate surface area is 110 Å². The highest BCUT2D eigenvalue weighted by atomic mass is 16.5. The number of likely N-dealkylation sites (N-methyl/N-ethyl adjacent to an activating group) is 1. The van der Waals surface area contributed by atoms with Crippen molar-refractivity contribution in [2.24, 2.45) is 0 Å². The number of nitrogens with zero attached hydrogens (tertiary/aromatic N) is 1. The van der Waals surface area contributed by atoms with Crippen molar-refractivity contribution in [3.05, 3.63) is 0 Å². The van der Waals surface area contributed by atoms with Crippen LogP contribution in [0.15, 0.2) is 0 Å². The van der Waals surface area contributed by atoms with E-state index in [-0.39, 0.29) is 5.91 Å². The smallest absolute Gasteiger partial charge is 0.253 e. The standard InChI is InChI=1S/C14H26N2O2/c1-14(13(17)15-2)11-16(9-10-18-14)12-7-5-3-4-6-8-12/h12H,3-11H2,1-2H3,(H,15,17). The van der Waals surface area contributed by atoms with Gasteiger partial charge in [0.1, 0.15) is 0 Å². The molecule has 4 heteroatoms. The molecule has 1 saturated carbocycles. The lowest BCUT2D eigenvalue weighted by Gasteiger charge is -2.42. The summed E-state index contributed by atoms with van der Waals surface area (Å²) in [6, 6.07) is 0.653. The molecule has 2 aliphatic rings. The van der Waals surface area contributed by atoms with Gasteiger partial charge in [-0.25, -0.2) is 0 Å². The molecule has 2 rings (SSSR count). The minimum Gasteiger partial charge on any atom is -0.363 e. The van der Waals surface area contributed by atoms with Crippen molar-refractivity contribution in [2.75, 3.05) is 26.7 Å². The van der Waals surface area contributed by atoms with Crippen LogP contribution in [0.4, 0.5) is 0 Å². The van der Waals surface area contributed by atoms with Crippen LogP contribution >= 0.6 is 0 Å². The van der Waals surface area contributed by atoms with Crippen LogP contribution in [0.1, 0.15) is 45.4 Å². The largest absolute Gasteiger partial charge is 0.363 e. The van der Waals surface area contributed by atoms with Gasteiger partial charge in [-0.05, 0) is 19.8 Å². The van der Waals surface area contributed by atoms with Gasteiger partial charge in [-0.2, -0.15) is 0 Å². The fourth-order valence-electron chi connectivity index (χ4n) is 3.24.